The molecule has 0 N–H and O–H groups in total. The van der Waals surface area contributed by atoms with Gasteiger partial charge in [-0.25, -0.2) is 4.39 Å². The molecular formula is C38H51FO4. The van der Waals surface area contributed by atoms with Gasteiger partial charge in [-0.05, 0) is 104 Å². The molecule has 9 atom stereocenters. The molecule has 0 amide bonds. The summed E-state index contributed by atoms with van der Waals surface area (Å²) < 4.78 is 29.8. The lowest BCUT2D eigenvalue weighted by Gasteiger charge is -2.74. The Morgan fingerprint density at radius 2 is 1.60 bits per heavy atom. The first kappa shape index (κ1) is 29.5. The van der Waals surface area contributed by atoms with Gasteiger partial charge in [-0.15, -0.1) is 0 Å². The second kappa shape index (κ2) is 8.75. The van der Waals surface area contributed by atoms with Gasteiger partial charge in [0.05, 0.1) is 12.5 Å². The third-order valence-corrected chi connectivity index (χ3v) is 15.1. The van der Waals surface area contributed by atoms with Crippen LogP contribution in [0.3, 0.4) is 0 Å². The lowest BCUT2D eigenvalue weighted by atomic mass is 9.30. The predicted molar refractivity (Wildman–Crippen MR) is 166 cm³/mol. The molecule has 0 unspecified atom stereocenters. The molecule has 6 fully saturated rings. The van der Waals surface area contributed by atoms with E-state index < -0.39 is 28.0 Å². The molecule has 1 aromatic carbocycles. The van der Waals surface area contributed by atoms with E-state index in [-0.39, 0.29) is 45.8 Å². The number of esters is 1. The van der Waals surface area contributed by atoms with Crippen LogP contribution < -0.4 is 4.74 Å². The Hall–Kier alpha value is -2.17. The maximum atomic E-state index is 17.5. The summed E-state index contributed by atoms with van der Waals surface area (Å²) in [5.41, 5.74) is -1.30. The maximum Gasteiger partial charge on any atom is 0.313 e. The molecule has 5 aliphatic carbocycles. The lowest BCUT2D eigenvalue weighted by molar-refractivity contribution is -0.299. The van der Waals surface area contributed by atoms with E-state index in [4.69, 9.17) is 9.47 Å². The third-order valence-electron chi connectivity index (χ3n) is 15.1. The minimum atomic E-state index is -1.21. The topological polar surface area (TPSA) is 52.6 Å². The van der Waals surface area contributed by atoms with Crippen molar-refractivity contribution in [1.82, 2.24) is 0 Å². The summed E-state index contributed by atoms with van der Waals surface area (Å²) in [5, 5.41) is 0. The fourth-order valence-corrected chi connectivity index (χ4v) is 12.7. The van der Waals surface area contributed by atoms with Crippen molar-refractivity contribution in [2.45, 2.75) is 118 Å². The van der Waals surface area contributed by atoms with Crippen molar-refractivity contribution in [1.29, 1.82) is 0 Å². The van der Waals surface area contributed by atoms with Gasteiger partial charge in [0.1, 0.15) is 11.9 Å². The third kappa shape index (κ3) is 3.38. The van der Waals surface area contributed by atoms with Crippen LogP contribution in [0.2, 0.25) is 0 Å². The zero-order valence-electron chi connectivity index (χ0n) is 27.6. The van der Waals surface area contributed by atoms with Crippen molar-refractivity contribution in [3.05, 3.63) is 35.4 Å². The van der Waals surface area contributed by atoms with E-state index in [0.29, 0.717) is 12.8 Å². The summed E-state index contributed by atoms with van der Waals surface area (Å²) in [6.45, 7) is 15.9. The number of allylic oxidation sites excluding steroid dienone is 1. The van der Waals surface area contributed by atoms with Gasteiger partial charge in [-0.1, -0.05) is 66.7 Å². The number of ketones is 1. The fourth-order valence-electron chi connectivity index (χ4n) is 12.7. The molecule has 0 aromatic heterocycles. The number of hydrogen-bond acceptors (Lipinski definition) is 4. The Kier molecular flexibility index (Phi) is 6.01. The van der Waals surface area contributed by atoms with Gasteiger partial charge < -0.3 is 9.47 Å². The molecule has 1 spiro atoms. The Morgan fingerprint density at radius 1 is 0.907 bits per heavy atom. The van der Waals surface area contributed by atoms with Crippen molar-refractivity contribution < 1.29 is 23.5 Å². The second-order valence-electron chi connectivity index (χ2n) is 17.5. The molecule has 234 valence electrons. The number of benzene rings is 1. The number of alkyl halides is 1. The molecule has 1 aliphatic heterocycles. The Morgan fingerprint density at radius 3 is 2.33 bits per heavy atom. The number of Topliss-reactive ketones (excluding diaryl/α,β-unsaturated/α-hetero) is 1. The highest BCUT2D eigenvalue weighted by Gasteiger charge is 2.84. The normalized spacial score (nSPS) is 48.4. The Balaban J connectivity index is 1.35. The van der Waals surface area contributed by atoms with Crippen molar-refractivity contribution in [3.63, 3.8) is 0 Å². The van der Waals surface area contributed by atoms with Gasteiger partial charge in [-0.2, -0.15) is 0 Å². The van der Waals surface area contributed by atoms with Crippen LogP contribution in [-0.4, -0.2) is 30.6 Å². The molecule has 1 saturated heterocycles. The van der Waals surface area contributed by atoms with E-state index in [0.717, 1.165) is 61.8 Å². The molecule has 43 heavy (non-hydrogen) atoms. The average Bonchev–Trinajstić information content (AvgIpc) is 3.13. The highest BCUT2D eigenvalue weighted by molar-refractivity contribution is 6.04. The number of halogens is 1. The highest BCUT2D eigenvalue weighted by atomic mass is 19.1. The van der Waals surface area contributed by atoms with Gasteiger partial charge in [0.15, 0.2) is 11.4 Å². The van der Waals surface area contributed by atoms with E-state index in [9.17, 15) is 9.59 Å². The molecule has 6 aliphatic rings. The van der Waals surface area contributed by atoms with Crippen molar-refractivity contribution in [2.24, 2.45) is 50.2 Å². The molecule has 1 aromatic rings. The van der Waals surface area contributed by atoms with E-state index in [1.165, 1.54) is 0 Å². The zero-order valence-corrected chi connectivity index (χ0v) is 27.6. The van der Waals surface area contributed by atoms with Gasteiger partial charge >= 0.3 is 5.97 Å². The molecule has 4 nitrogen and oxygen atoms in total. The van der Waals surface area contributed by atoms with Gasteiger partial charge in [-0.3, -0.25) is 9.59 Å². The summed E-state index contributed by atoms with van der Waals surface area (Å²) in [5.74, 6) is 0.998. The van der Waals surface area contributed by atoms with Gasteiger partial charge in [0, 0.05) is 22.3 Å². The van der Waals surface area contributed by atoms with Crippen LogP contribution >= 0.6 is 0 Å². The molecule has 7 rings (SSSR count). The molecule has 5 heteroatoms. The van der Waals surface area contributed by atoms with Gasteiger partial charge in [0.2, 0.25) is 0 Å². The number of carbonyl (C=O) groups is 2. The van der Waals surface area contributed by atoms with E-state index in [2.05, 4.69) is 48.5 Å². The summed E-state index contributed by atoms with van der Waals surface area (Å²) in [4.78, 5) is 28.0. The minimum absolute atomic E-state index is 0.0699. The number of methoxy groups -OCH3 is 1. The van der Waals surface area contributed by atoms with Crippen molar-refractivity contribution in [2.75, 3.05) is 7.11 Å². The number of carbonyl (C=O) groups excluding carboxylic acids is 2. The second-order valence-corrected chi connectivity index (χ2v) is 17.5. The first-order valence-electron chi connectivity index (χ1n) is 16.8. The number of fused-ring (bicyclic) bond motifs is 4. The first-order valence-corrected chi connectivity index (χ1v) is 16.8. The van der Waals surface area contributed by atoms with Crippen LogP contribution in [0.1, 0.15) is 112 Å². The van der Waals surface area contributed by atoms with Crippen LogP contribution in [0.15, 0.2) is 29.8 Å². The molecule has 5 saturated carbocycles. The van der Waals surface area contributed by atoms with Crippen LogP contribution in [0.25, 0.3) is 6.08 Å². The van der Waals surface area contributed by atoms with E-state index in [1.807, 2.05) is 30.3 Å². The fraction of sp³-hybridized carbons (Fsp3) is 0.737. The standard InChI is InChI=1S/C38H51FO4/c1-32(2)15-17-37-18-16-36(7)35(6)14-13-26-33(3,4)30(40)24(19-23-11-9-10-12-25(23)42-8)21-34(26,5)27(35)20-29(39)38(36,28(37)22-32)43-31(37)41/h9-12,19,26-29H,13-18,20-22H2,1-8H3/b24-19+/t26-,27+,28+,29+,34-,35+,36-,37-,38+/m0/s1. The molecule has 2 bridgehead atoms. The SMILES string of the molecule is COc1ccccc1/C=C1\C[C@]2(C)[C@H]3C[C@@H](F)[C@]45OC(=O)[C@@]6(CCC(C)(C)C[C@H]64)CC[C@@]5(C)[C@]3(C)CC[C@H]2C(C)(C)C1=O. The smallest absolute Gasteiger partial charge is 0.313 e. The average molecular weight is 591 g/mol. The number of ether oxygens (including phenoxy) is 2. The quantitative estimate of drug-likeness (QED) is 0.255. The van der Waals surface area contributed by atoms with Crippen LogP contribution in [0, 0.1) is 50.2 Å². The summed E-state index contributed by atoms with van der Waals surface area (Å²) in [7, 11) is 1.66. The largest absolute Gasteiger partial charge is 0.496 e. The Bertz CT molecular complexity index is 1430. The Labute approximate surface area is 257 Å². The van der Waals surface area contributed by atoms with E-state index in [1.54, 1.807) is 7.11 Å². The summed E-state index contributed by atoms with van der Waals surface area (Å²) in [6.07, 6.45) is 8.02. The summed E-state index contributed by atoms with van der Waals surface area (Å²) >= 11 is 0. The van der Waals surface area contributed by atoms with E-state index >= 15 is 4.39 Å². The van der Waals surface area contributed by atoms with Crippen LogP contribution in [-0.2, 0) is 14.3 Å². The molecule has 0 radical (unpaired) electrons. The monoisotopic (exact) mass is 590 g/mol. The lowest BCUT2D eigenvalue weighted by Crippen LogP contribution is -2.75. The van der Waals surface area contributed by atoms with Crippen LogP contribution in [0.5, 0.6) is 5.75 Å². The minimum Gasteiger partial charge on any atom is -0.496 e. The van der Waals surface area contributed by atoms with Crippen molar-refractivity contribution >= 4 is 17.8 Å². The number of rotatable bonds is 2. The first-order chi connectivity index (χ1) is 20.0. The van der Waals surface area contributed by atoms with Gasteiger partial charge in [0.25, 0.3) is 0 Å². The zero-order chi connectivity index (χ0) is 31.0. The van der Waals surface area contributed by atoms with Crippen molar-refractivity contribution in [3.8, 4) is 5.75 Å². The molecule has 1 heterocycles. The van der Waals surface area contributed by atoms with Crippen LogP contribution in [0.4, 0.5) is 4.39 Å². The maximum absolute atomic E-state index is 17.5. The summed E-state index contributed by atoms with van der Waals surface area (Å²) in [6, 6.07) is 7.85. The number of hydrogen-bond donors (Lipinski definition) is 0. The predicted octanol–water partition coefficient (Wildman–Crippen LogP) is 8.77. The highest BCUT2D eigenvalue weighted by Crippen LogP contribution is 2.81. The number of para-hydroxylation sites is 1. The molecular weight excluding hydrogens is 539 g/mol.